The molecule has 1 aliphatic rings. The fourth-order valence-corrected chi connectivity index (χ4v) is 2.27. The summed E-state index contributed by atoms with van der Waals surface area (Å²) in [5, 5.41) is 0. The van der Waals surface area contributed by atoms with E-state index in [0.717, 1.165) is 6.42 Å². The standard InChI is InChI=1S/C11H15Br/c1-9-5-4-6-11(2,3)8-10(12)7-9/h4,6-8H,5H2,1-3H3/b6-4-,9-7?,10-8+. The van der Waals surface area contributed by atoms with Crippen LogP contribution in [0.25, 0.3) is 0 Å². The number of hydrogen-bond donors (Lipinski definition) is 0. The normalized spacial score (nSPS) is 29.3. The molecule has 0 amide bonds. The monoisotopic (exact) mass is 226 g/mol. The second kappa shape index (κ2) is 3.61. The maximum absolute atomic E-state index is 3.54. The van der Waals surface area contributed by atoms with Crippen LogP contribution in [0.3, 0.4) is 0 Å². The first kappa shape index (κ1) is 9.79. The van der Waals surface area contributed by atoms with E-state index < -0.39 is 0 Å². The lowest BCUT2D eigenvalue weighted by molar-refractivity contribution is 0.622. The summed E-state index contributed by atoms with van der Waals surface area (Å²) in [5.74, 6) is 0. The van der Waals surface area contributed by atoms with Gasteiger partial charge in [-0.25, -0.2) is 0 Å². The van der Waals surface area contributed by atoms with Crippen LogP contribution >= 0.6 is 15.9 Å². The first-order chi connectivity index (χ1) is 5.49. The highest BCUT2D eigenvalue weighted by Crippen LogP contribution is 2.27. The molecule has 0 atom stereocenters. The molecule has 0 aromatic carbocycles. The third-order valence-electron chi connectivity index (χ3n) is 1.88. The lowest BCUT2D eigenvalue weighted by Gasteiger charge is -2.17. The molecular formula is C11H15Br. The Kier molecular flexibility index (Phi) is 2.94. The van der Waals surface area contributed by atoms with Gasteiger partial charge in [0.05, 0.1) is 0 Å². The van der Waals surface area contributed by atoms with Crippen molar-refractivity contribution in [1.82, 2.24) is 0 Å². The average molecular weight is 227 g/mol. The molecule has 0 unspecified atom stereocenters. The lowest BCUT2D eigenvalue weighted by Crippen LogP contribution is -2.03. The molecule has 0 fully saturated rings. The first-order valence-electron chi connectivity index (χ1n) is 4.23. The van der Waals surface area contributed by atoms with Crippen molar-refractivity contribution >= 4 is 15.9 Å². The molecule has 1 aliphatic carbocycles. The van der Waals surface area contributed by atoms with Crippen molar-refractivity contribution in [1.29, 1.82) is 0 Å². The van der Waals surface area contributed by atoms with Crippen LogP contribution < -0.4 is 0 Å². The summed E-state index contributed by atoms with van der Waals surface area (Å²) in [5.41, 5.74) is 1.57. The van der Waals surface area contributed by atoms with Crippen molar-refractivity contribution < 1.29 is 0 Å². The summed E-state index contributed by atoms with van der Waals surface area (Å²) in [6.45, 7) is 6.57. The molecule has 0 saturated carbocycles. The molecule has 66 valence electrons. The zero-order chi connectivity index (χ0) is 9.19. The predicted octanol–water partition coefficient (Wildman–Crippen LogP) is 4.20. The van der Waals surface area contributed by atoms with E-state index >= 15 is 0 Å². The number of rotatable bonds is 0. The zero-order valence-electron chi connectivity index (χ0n) is 7.89. The van der Waals surface area contributed by atoms with Gasteiger partial charge in [-0.15, -0.1) is 0 Å². The van der Waals surface area contributed by atoms with Crippen molar-refractivity contribution in [3.05, 3.63) is 34.4 Å². The minimum Gasteiger partial charge on any atom is -0.0836 e. The van der Waals surface area contributed by atoms with E-state index in [-0.39, 0.29) is 5.41 Å². The van der Waals surface area contributed by atoms with Gasteiger partial charge >= 0.3 is 0 Å². The summed E-state index contributed by atoms with van der Waals surface area (Å²) >= 11 is 3.54. The van der Waals surface area contributed by atoms with Gasteiger partial charge in [0.2, 0.25) is 0 Å². The first-order valence-corrected chi connectivity index (χ1v) is 5.02. The summed E-state index contributed by atoms with van der Waals surface area (Å²) < 4.78 is 1.19. The fourth-order valence-electron chi connectivity index (χ4n) is 1.29. The van der Waals surface area contributed by atoms with Crippen molar-refractivity contribution in [2.45, 2.75) is 27.2 Å². The largest absolute Gasteiger partial charge is 0.0836 e. The predicted molar refractivity (Wildman–Crippen MR) is 58.3 cm³/mol. The summed E-state index contributed by atoms with van der Waals surface area (Å²) in [6.07, 6.45) is 9.97. The summed E-state index contributed by atoms with van der Waals surface area (Å²) in [6, 6.07) is 0. The van der Waals surface area contributed by atoms with Crippen LogP contribution in [-0.4, -0.2) is 0 Å². The summed E-state index contributed by atoms with van der Waals surface area (Å²) in [4.78, 5) is 0. The lowest BCUT2D eigenvalue weighted by atomic mass is 9.90. The minimum atomic E-state index is 0.177. The number of halogens is 1. The highest BCUT2D eigenvalue weighted by molar-refractivity contribution is 9.11. The zero-order valence-corrected chi connectivity index (χ0v) is 9.48. The van der Waals surface area contributed by atoms with Crippen LogP contribution in [0, 0.1) is 5.41 Å². The smallest absolute Gasteiger partial charge is 0.0143 e. The van der Waals surface area contributed by atoms with Gasteiger partial charge in [-0.1, -0.05) is 53.6 Å². The highest BCUT2D eigenvalue weighted by atomic mass is 79.9. The third kappa shape index (κ3) is 2.98. The van der Waals surface area contributed by atoms with Gasteiger partial charge in [0.15, 0.2) is 0 Å². The van der Waals surface area contributed by atoms with Crippen LogP contribution in [0.2, 0.25) is 0 Å². The van der Waals surface area contributed by atoms with Gasteiger partial charge < -0.3 is 0 Å². The molecule has 0 N–H and O–H groups in total. The van der Waals surface area contributed by atoms with Crippen LogP contribution in [-0.2, 0) is 0 Å². The second-order valence-corrected chi connectivity index (χ2v) is 4.86. The van der Waals surface area contributed by atoms with E-state index in [1.165, 1.54) is 10.1 Å². The van der Waals surface area contributed by atoms with E-state index in [0.29, 0.717) is 0 Å². The van der Waals surface area contributed by atoms with Crippen LogP contribution in [0.5, 0.6) is 0 Å². The van der Waals surface area contributed by atoms with Gasteiger partial charge in [-0.2, -0.15) is 0 Å². The van der Waals surface area contributed by atoms with Gasteiger partial charge in [-0.3, -0.25) is 0 Å². The fraction of sp³-hybridized carbons (Fsp3) is 0.455. The van der Waals surface area contributed by atoms with Gasteiger partial charge in [0.25, 0.3) is 0 Å². The van der Waals surface area contributed by atoms with E-state index in [9.17, 15) is 0 Å². The molecule has 1 heteroatoms. The van der Waals surface area contributed by atoms with Gasteiger partial charge in [0.1, 0.15) is 0 Å². The van der Waals surface area contributed by atoms with Crippen molar-refractivity contribution in [3.8, 4) is 0 Å². The molecule has 0 aromatic rings. The van der Waals surface area contributed by atoms with Crippen LogP contribution in [0.1, 0.15) is 27.2 Å². The second-order valence-electron chi connectivity index (χ2n) is 3.95. The Morgan fingerprint density at radius 2 is 2.08 bits per heavy atom. The van der Waals surface area contributed by atoms with E-state index in [1.54, 1.807) is 0 Å². The molecule has 0 nitrogen and oxygen atoms in total. The Balaban J connectivity index is 2.99. The molecule has 1 rings (SSSR count). The number of hydrogen-bond acceptors (Lipinski definition) is 0. The van der Waals surface area contributed by atoms with Crippen molar-refractivity contribution in [2.24, 2.45) is 5.41 Å². The van der Waals surface area contributed by atoms with Crippen LogP contribution in [0.15, 0.2) is 34.4 Å². The number of allylic oxidation sites excluding steroid dienone is 6. The Morgan fingerprint density at radius 3 is 2.75 bits per heavy atom. The topological polar surface area (TPSA) is 0 Å². The Labute approximate surface area is 83.2 Å². The Bertz CT molecular complexity index is 254. The van der Waals surface area contributed by atoms with Gasteiger partial charge in [0, 0.05) is 9.90 Å². The Hall–Kier alpha value is -0.300. The molecule has 0 heterocycles. The SMILES string of the molecule is CC1=C/C(Br)=C\C(C)(C)/C=C\C1. The van der Waals surface area contributed by atoms with E-state index in [1.807, 2.05) is 0 Å². The summed E-state index contributed by atoms with van der Waals surface area (Å²) in [7, 11) is 0. The Morgan fingerprint density at radius 1 is 1.42 bits per heavy atom. The van der Waals surface area contributed by atoms with E-state index in [2.05, 4.69) is 61.0 Å². The molecule has 0 saturated heterocycles. The maximum Gasteiger partial charge on any atom is 0.0143 e. The molecule has 12 heavy (non-hydrogen) atoms. The molecule has 0 aliphatic heterocycles. The highest BCUT2D eigenvalue weighted by Gasteiger charge is 2.11. The molecular weight excluding hydrogens is 212 g/mol. The van der Waals surface area contributed by atoms with Gasteiger partial charge in [-0.05, 0) is 19.4 Å². The molecule has 0 radical (unpaired) electrons. The molecule has 0 aromatic heterocycles. The van der Waals surface area contributed by atoms with Crippen LogP contribution in [0.4, 0.5) is 0 Å². The molecule has 0 bridgehead atoms. The quantitative estimate of drug-likeness (QED) is 0.544. The van der Waals surface area contributed by atoms with Crippen molar-refractivity contribution in [3.63, 3.8) is 0 Å². The average Bonchev–Trinajstić information content (AvgIpc) is 1.81. The third-order valence-corrected chi connectivity index (χ3v) is 2.34. The minimum absolute atomic E-state index is 0.177. The van der Waals surface area contributed by atoms with E-state index in [4.69, 9.17) is 0 Å². The maximum atomic E-state index is 3.54. The molecule has 0 spiro atoms. The van der Waals surface area contributed by atoms with Crippen molar-refractivity contribution in [2.75, 3.05) is 0 Å².